The number of carbonyl (C=O) groups excluding carboxylic acids is 1. The fourth-order valence-electron chi connectivity index (χ4n) is 2.54. The first-order valence-electron chi connectivity index (χ1n) is 8.60. The highest BCUT2D eigenvalue weighted by molar-refractivity contribution is 5.87. The van der Waals surface area contributed by atoms with Crippen molar-refractivity contribution in [3.8, 4) is 23.2 Å². The predicted octanol–water partition coefficient (Wildman–Crippen LogP) is 0.758. The van der Waals surface area contributed by atoms with Crippen molar-refractivity contribution in [3.05, 3.63) is 52.4 Å². The molecule has 3 aromatic rings. The topological polar surface area (TPSA) is 125 Å². The maximum absolute atomic E-state index is 12.3. The summed E-state index contributed by atoms with van der Waals surface area (Å²) in [6.07, 6.45) is 0.0469. The molecular formula is C20H19N5O3. The molecule has 0 saturated heterocycles. The Balaban J connectivity index is 1.96. The van der Waals surface area contributed by atoms with Gasteiger partial charge in [-0.1, -0.05) is 24.0 Å². The molecule has 3 rings (SSSR count). The minimum absolute atomic E-state index is 0.169. The molecule has 0 radical (unpaired) electrons. The number of H-pyrrole nitrogens is 1. The van der Waals surface area contributed by atoms with Crippen molar-refractivity contribution < 1.29 is 9.90 Å². The van der Waals surface area contributed by atoms with Gasteiger partial charge in [-0.25, -0.2) is 9.97 Å². The SMILES string of the molecule is CCN(C)C(=O)[C@H](O)C#Cc1cccc(-c2nc3c(N)nccc3c(=O)[nH]2)c1. The van der Waals surface area contributed by atoms with Gasteiger partial charge in [0.2, 0.25) is 0 Å². The number of nitrogens with two attached hydrogens (primary N) is 1. The summed E-state index contributed by atoms with van der Waals surface area (Å²) in [7, 11) is 1.59. The lowest BCUT2D eigenvalue weighted by Crippen LogP contribution is -2.35. The van der Waals surface area contributed by atoms with Crippen LogP contribution in [0.2, 0.25) is 0 Å². The molecule has 4 N–H and O–H groups in total. The number of benzene rings is 1. The van der Waals surface area contributed by atoms with E-state index < -0.39 is 12.0 Å². The zero-order valence-electron chi connectivity index (χ0n) is 15.4. The highest BCUT2D eigenvalue weighted by Gasteiger charge is 2.15. The van der Waals surface area contributed by atoms with Crippen molar-refractivity contribution in [2.24, 2.45) is 0 Å². The van der Waals surface area contributed by atoms with Gasteiger partial charge in [-0.15, -0.1) is 0 Å². The Morgan fingerprint density at radius 3 is 2.93 bits per heavy atom. The van der Waals surface area contributed by atoms with Gasteiger partial charge in [0, 0.05) is 30.9 Å². The first-order valence-corrected chi connectivity index (χ1v) is 8.60. The smallest absolute Gasteiger partial charge is 0.263 e. The van der Waals surface area contributed by atoms with Crippen LogP contribution in [0.5, 0.6) is 0 Å². The molecular weight excluding hydrogens is 358 g/mol. The number of nitrogen functional groups attached to an aromatic ring is 1. The number of carbonyl (C=O) groups is 1. The third-order valence-corrected chi connectivity index (χ3v) is 4.23. The third kappa shape index (κ3) is 3.84. The largest absolute Gasteiger partial charge is 0.382 e. The number of fused-ring (bicyclic) bond motifs is 1. The lowest BCUT2D eigenvalue weighted by Gasteiger charge is -2.15. The number of aliphatic hydroxyl groups is 1. The van der Waals surface area contributed by atoms with E-state index in [0.29, 0.717) is 34.4 Å². The minimum Gasteiger partial charge on any atom is -0.382 e. The van der Waals surface area contributed by atoms with Gasteiger partial charge in [-0.2, -0.15) is 0 Å². The molecule has 0 fully saturated rings. The Kier molecular flexibility index (Phi) is 5.38. The van der Waals surface area contributed by atoms with E-state index in [1.165, 1.54) is 11.1 Å². The second kappa shape index (κ2) is 7.90. The van der Waals surface area contributed by atoms with Gasteiger partial charge in [-0.3, -0.25) is 9.59 Å². The first-order chi connectivity index (χ1) is 13.4. The van der Waals surface area contributed by atoms with Crippen molar-refractivity contribution in [2.75, 3.05) is 19.3 Å². The number of nitrogens with one attached hydrogen (secondary N) is 1. The van der Waals surface area contributed by atoms with E-state index in [0.717, 1.165) is 0 Å². The highest BCUT2D eigenvalue weighted by atomic mass is 16.3. The van der Waals surface area contributed by atoms with Crippen molar-refractivity contribution in [1.29, 1.82) is 0 Å². The van der Waals surface area contributed by atoms with Crippen LogP contribution in [0.1, 0.15) is 12.5 Å². The molecule has 0 unspecified atom stereocenters. The van der Waals surface area contributed by atoms with Crippen molar-refractivity contribution in [2.45, 2.75) is 13.0 Å². The molecule has 2 heterocycles. The van der Waals surface area contributed by atoms with Crippen LogP contribution in [0.15, 0.2) is 41.3 Å². The van der Waals surface area contributed by atoms with Crippen LogP contribution in [0, 0.1) is 11.8 Å². The number of nitrogens with zero attached hydrogens (tertiary/aromatic N) is 3. The van der Waals surface area contributed by atoms with Crippen LogP contribution in [-0.4, -0.2) is 50.6 Å². The number of anilines is 1. The van der Waals surface area contributed by atoms with E-state index in [9.17, 15) is 14.7 Å². The van der Waals surface area contributed by atoms with Crippen molar-refractivity contribution >= 4 is 22.6 Å². The molecule has 28 heavy (non-hydrogen) atoms. The number of aliphatic hydroxyl groups excluding tert-OH is 1. The summed E-state index contributed by atoms with van der Waals surface area (Å²) in [5.41, 5.74) is 7.00. The number of aromatic nitrogens is 3. The summed E-state index contributed by atoms with van der Waals surface area (Å²) in [5, 5.41) is 10.3. The van der Waals surface area contributed by atoms with Gasteiger partial charge in [0.05, 0.1) is 5.39 Å². The molecule has 2 aromatic heterocycles. The molecule has 1 atom stereocenters. The Labute approximate surface area is 161 Å². The average molecular weight is 377 g/mol. The van der Waals surface area contributed by atoms with E-state index in [4.69, 9.17) is 5.73 Å². The fourth-order valence-corrected chi connectivity index (χ4v) is 2.54. The number of likely N-dealkylation sites (N-methyl/N-ethyl adjacent to an activating group) is 1. The summed E-state index contributed by atoms with van der Waals surface area (Å²) >= 11 is 0. The Hall–Kier alpha value is -3.70. The lowest BCUT2D eigenvalue weighted by atomic mass is 10.1. The van der Waals surface area contributed by atoms with Gasteiger partial charge < -0.3 is 20.7 Å². The summed E-state index contributed by atoms with van der Waals surface area (Å²) in [4.78, 5) is 36.7. The zero-order chi connectivity index (χ0) is 20.3. The molecule has 1 aromatic carbocycles. The number of aromatic amines is 1. The van der Waals surface area contributed by atoms with Crippen LogP contribution in [-0.2, 0) is 4.79 Å². The second-order valence-corrected chi connectivity index (χ2v) is 6.11. The molecule has 0 bridgehead atoms. The maximum Gasteiger partial charge on any atom is 0.263 e. The van der Waals surface area contributed by atoms with E-state index in [1.807, 2.05) is 0 Å². The van der Waals surface area contributed by atoms with E-state index in [2.05, 4.69) is 26.8 Å². The monoisotopic (exact) mass is 377 g/mol. The van der Waals surface area contributed by atoms with Gasteiger partial charge in [0.1, 0.15) is 17.2 Å². The average Bonchev–Trinajstić information content (AvgIpc) is 2.71. The first kappa shape index (κ1) is 19.1. The maximum atomic E-state index is 12.3. The standard InChI is InChI=1S/C20H19N5O3/c1-3-25(2)20(28)15(26)8-7-12-5-4-6-13(11-12)18-23-16-14(19(27)24-18)9-10-22-17(16)21/h4-6,9-11,15,26H,3H2,1-2H3,(H2,21,22)(H,23,24,27)/t15-/m1/s1. The van der Waals surface area contributed by atoms with E-state index in [1.54, 1.807) is 44.3 Å². The number of amides is 1. The fraction of sp³-hybridized carbons (Fsp3) is 0.200. The second-order valence-electron chi connectivity index (χ2n) is 6.11. The number of pyridine rings is 1. The zero-order valence-corrected chi connectivity index (χ0v) is 15.4. The van der Waals surface area contributed by atoms with E-state index in [-0.39, 0.29) is 11.4 Å². The van der Waals surface area contributed by atoms with Crippen LogP contribution in [0.3, 0.4) is 0 Å². The van der Waals surface area contributed by atoms with Crippen LogP contribution in [0.25, 0.3) is 22.3 Å². The Morgan fingerprint density at radius 2 is 2.18 bits per heavy atom. The lowest BCUT2D eigenvalue weighted by molar-refractivity contribution is -0.135. The number of rotatable bonds is 3. The number of hydrogen-bond acceptors (Lipinski definition) is 6. The molecule has 1 amide bonds. The van der Waals surface area contributed by atoms with Gasteiger partial charge >= 0.3 is 0 Å². The molecule has 0 spiro atoms. The van der Waals surface area contributed by atoms with Crippen molar-refractivity contribution in [3.63, 3.8) is 0 Å². The van der Waals surface area contributed by atoms with Gasteiger partial charge in [0.25, 0.3) is 11.5 Å². The van der Waals surface area contributed by atoms with Crippen LogP contribution < -0.4 is 11.3 Å². The Morgan fingerprint density at radius 1 is 1.39 bits per heavy atom. The normalized spacial score (nSPS) is 11.5. The molecule has 8 heteroatoms. The van der Waals surface area contributed by atoms with Gasteiger partial charge in [-0.05, 0) is 25.1 Å². The summed E-state index contributed by atoms with van der Waals surface area (Å²) in [5.74, 6) is 5.34. The quantitative estimate of drug-likeness (QED) is 0.579. The molecule has 142 valence electrons. The molecule has 0 aliphatic rings. The number of hydrogen-bond donors (Lipinski definition) is 3. The highest BCUT2D eigenvalue weighted by Crippen LogP contribution is 2.19. The van der Waals surface area contributed by atoms with Crippen LogP contribution >= 0.6 is 0 Å². The van der Waals surface area contributed by atoms with Gasteiger partial charge in [0.15, 0.2) is 6.10 Å². The Bertz CT molecular complexity index is 1160. The third-order valence-electron chi connectivity index (χ3n) is 4.23. The predicted molar refractivity (Wildman–Crippen MR) is 106 cm³/mol. The minimum atomic E-state index is -1.40. The van der Waals surface area contributed by atoms with Crippen molar-refractivity contribution in [1.82, 2.24) is 19.9 Å². The molecule has 0 aliphatic heterocycles. The summed E-state index contributed by atoms with van der Waals surface area (Å²) in [6, 6.07) is 8.47. The van der Waals surface area contributed by atoms with E-state index >= 15 is 0 Å². The summed E-state index contributed by atoms with van der Waals surface area (Å²) < 4.78 is 0. The van der Waals surface area contributed by atoms with Crippen LogP contribution in [0.4, 0.5) is 5.82 Å². The molecule has 0 aliphatic carbocycles. The molecule has 8 nitrogen and oxygen atoms in total. The summed E-state index contributed by atoms with van der Waals surface area (Å²) in [6.45, 7) is 2.28. The molecule has 0 saturated carbocycles.